The SMILES string of the molecule is Cc1ccc(C2=C[C@@H](c3ccccc3)N3C(=O)CSC3=N2)cc1. The molecule has 2 aromatic carbocycles. The first-order chi connectivity index (χ1) is 11.2. The zero-order valence-electron chi connectivity index (χ0n) is 12.8. The molecule has 0 aromatic heterocycles. The molecule has 0 bridgehead atoms. The van der Waals surface area contributed by atoms with Crippen LogP contribution in [0.25, 0.3) is 5.70 Å². The minimum absolute atomic E-state index is 0.0810. The van der Waals surface area contributed by atoms with Gasteiger partial charge in [0.15, 0.2) is 5.17 Å². The van der Waals surface area contributed by atoms with E-state index in [4.69, 9.17) is 4.99 Å². The zero-order chi connectivity index (χ0) is 15.8. The van der Waals surface area contributed by atoms with Crippen LogP contribution in [0.15, 0.2) is 65.7 Å². The lowest BCUT2D eigenvalue weighted by atomic mass is 10.0. The summed E-state index contributed by atoms with van der Waals surface area (Å²) in [6, 6.07) is 18.4. The quantitative estimate of drug-likeness (QED) is 0.837. The summed E-state index contributed by atoms with van der Waals surface area (Å²) >= 11 is 1.52. The van der Waals surface area contributed by atoms with Crippen LogP contribution in [0.4, 0.5) is 0 Å². The van der Waals surface area contributed by atoms with Crippen molar-refractivity contribution >= 4 is 28.5 Å². The minimum atomic E-state index is -0.0810. The molecule has 0 spiro atoms. The number of aryl methyl sites for hydroxylation is 1. The van der Waals surface area contributed by atoms with Crippen LogP contribution in [0.2, 0.25) is 0 Å². The molecule has 3 nitrogen and oxygen atoms in total. The molecule has 1 atom stereocenters. The van der Waals surface area contributed by atoms with Gasteiger partial charge in [-0.05, 0) is 24.1 Å². The summed E-state index contributed by atoms with van der Waals surface area (Å²) in [5, 5.41) is 0.807. The largest absolute Gasteiger partial charge is 0.279 e. The summed E-state index contributed by atoms with van der Waals surface area (Å²) in [6.45, 7) is 2.07. The summed E-state index contributed by atoms with van der Waals surface area (Å²) in [7, 11) is 0. The van der Waals surface area contributed by atoms with Gasteiger partial charge in [0.05, 0.1) is 17.5 Å². The molecule has 1 saturated heterocycles. The Kier molecular flexibility index (Phi) is 3.54. The average molecular weight is 320 g/mol. The van der Waals surface area contributed by atoms with Gasteiger partial charge in [-0.25, -0.2) is 4.99 Å². The van der Waals surface area contributed by atoms with Gasteiger partial charge in [-0.1, -0.05) is 71.9 Å². The number of nitrogens with zero attached hydrogens (tertiary/aromatic N) is 2. The Bertz CT molecular complexity index is 809. The van der Waals surface area contributed by atoms with Crippen LogP contribution in [0, 0.1) is 6.92 Å². The minimum Gasteiger partial charge on any atom is -0.279 e. The Morgan fingerprint density at radius 3 is 2.57 bits per heavy atom. The van der Waals surface area contributed by atoms with E-state index < -0.39 is 0 Å². The van der Waals surface area contributed by atoms with Crippen molar-refractivity contribution in [3.63, 3.8) is 0 Å². The normalized spacial score (nSPS) is 20.1. The van der Waals surface area contributed by atoms with Gasteiger partial charge in [-0.3, -0.25) is 9.69 Å². The predicted molar refractivity (Wildman–Crippen MR) is 95.1 cm³/mol. The number of hydrogen-bond acceptors (Lipinski definition) is 3. The lowest BCUT2D eigenvalue weighted by Gasteiger charge is -2.29. The number of fused-ring (bicyclic) bond motifs is 1. The van der Waals surface area contributed by atoms with E-state index in [0.717, 1.165) is 22.0 Å². The van der Waals surface area contributed by atoms with E-state index in [-0.39, 0.29) is 11.9 Å². The van der Waals surface area contributed by atoms with Gasteiger partial charge < -0.3 is 0 Å². The number of amides is 1. The Morgan fingerprint density at radius 1 is 1.09 bits per heavy atom. The van der Waals surface area contributed by atoms with Gasteiger partial charge in [-0.2, -0.15) is 0 Å². The maximum absolute atomic E-state index is 12.3. The van der Waals surface area contributed by atoms with E-state index in [1.54, 1.807) is 0 Å². The Morgan fingerprint density at radius 2 is 1.83 bits per heavy atom. The summed E-state index contributed by atoms with van der Waals surface area (Å²) < 4.78 is 0. The van der Waals surface area contributed by atoms with Crippen molar-refractivity contribution in [1.29, 1.82) is 0 Å². The Balaban J connectivity index is 1.81. The van der Waals surface area contributed by atoms with Crippen LogP contribution in [0.5, 0.6) is 0 Å². The number of carbonyl (C=O) groups excluding carboxylic acids is 1. The number of amidine groups is 1. The third kappa shape index (κ3) is 2.59. The highest BCUT2D eigenvalue weighted by atomic mass is 32.2. The van der Waals surface area contributed by atoms with Crippen LogP contribution in [0.1, 0.15) is 22.7 Å². The summed E-state index contributed by atoms with van der Waals surface area (Å²) in [6.07, 6.45) is 2.09. The maximum Gasteiger partial charge on any atom is 0.239 e. The summed E-state index contributed by atoms with van der Waals surface area (Å²) in [5.41, 5.74) is 4.36. The molecule has 0 saturated carbocycles. The van der Waals surface area contributed by atoms with E-state index in [0.29, 0.717) is 5.75 Å². The highest BCUT2D eigenvalue weighted by Crippen LogP contribution is 2.38. The molecule has 23 heavy (non-hydrogen) atoms. The van der Waals surface area contributed by atoms with Crippen LogP contribution in [0.3, 0.4) is 0 Å². The molecule has 2 aromatic rings. The standard InChI is InChI=1S/C19H16N2OS/c1-13-7-9-14(10-8-13)16-11-17(15-5-3-2-4-6-15)21-18(22)12-23-19(21)20-16/h2-11,17H,12H2,1H3/t17-/m0/s1. The fourth-order valence-corrected chi connectivity index (χ4v) is 3.79. The Hall–Kier alpha value is -2.33. The molecular formula is C19H16N2OS. The van der Waals surface area contributed by atoms with Crippen molar-refractivity contribution in [2.45, 2.75) is 13.0 Å². The second kappa shape index (κ2) is 5.70. The van der Waals surface area contributed by atoms with Gasteiger partial charge in [-0.15, -0.1) is 0 Å². The van der Waals surface area contributed by atoms with Gasteiger partial charge in [0.25, 0.3) is 0 Å². The van der Waals surface area contributed by atoms with E-state index in [9.17, 15) is 4.79 Å². The van der Waals surface area contributed by atoms with Gasteiger partial charge in [0.2, 0.25) is 5.91 Å². The predicted octanol–water partition coefficient (Wildman–Crippen LogP) is 4.02. The van der Waals surface area contributed by atoms with Crippen molar-refractivity contribution in [3.05, 3.63) is 77.4 Å². The zero-order valence-corrected chi connectivity index (χ0v) is 13.6. The van der Waals surface area contributed by atoms with Crippen molar-refractivity contribution in [3.8, 4) is 0 Å². The molecule has 0 aliphatic carbocycles. The fourth-order valence-electron chi connectivity index (χ4n) is 2.88. The summed E-state index contributed by atoms with van der Waals surface area (Å²) in [5.74, 6) is 0.596. The number of thioether (sulfide) groups is 1. The second-order valence-corrected chi connectivity index (χ2v) is 6.66. The van der Waals surface area contributed by atoms with Gasteiger partial charge in [0, 0.05) is 0 Å². The monoisotopic (exact) mass is 320 g/mol. The van der Waals surface area contributed by atoms with Crippen LogP contribution >= 0.6 is 11.8 Å². The molecule has 0 unspecified atom stereocenters. The lowest BCUT2D eigenvalue weighted by Crippen LogP contribution is -2.34. The highest BCUT2D eigenvalue weighted by Gasteiger charge is 2.37. The molecule has 4 rings (SSSR count). The molecule has 0 N–H and O–H groups in total. The third-order valence-electron chi connectivity index (χ3n) is 4.10. The van der Waals surface area contributed by atoms with Crippen molar-refractivity contribution in [2.75, 3.05) is 5.75 Å². The second-order valence-electron chi connectivity index (χ2n) is 5.72. The molecule has 2 heterocycles. The molecule has 2 aliphatic heterocycles. The molecular weight excluding hydrogens is 304 g/mol. The number of rotatable bonds is 2. The number of carbonyl (C=O) groups is 1. The maximum atomic E-state index is 12.3. The van der Waals surface area contributed by atoms with Crippen molar-refractivity contribution in [1.82, 2.24) is 4.90 Å². The molecule has 0 radical (unpaired) electrons. The fraction of sp³-hybridized carbons (Fsp3) is 0.158. The highest BCUT2D eigenvalue weighted by molar-refractivity contribution is 8.15. The number of benzene rings is 2. The smallest absolute Gasteiger partial charge is 0.239 e. The molecule has 4 heteroatoms. The first kappa shape index (κ1) is 14.3. The molecule has 2 aliphatic rings. The summed E-state index contributed by atoms with van der Waals surface area (Å²) in [4.78, 5) is 18.8. The van der Waals surface area contributed by atoms with E-state index in [1.807, 2.05) is 23.1 Å². The topological polar surface area (TPSA) is 32.7 Å². The van der Waals surface area contributed by atoms with Crippen molar-refractivity contribution < 1.29 is 4.79 Å². The molecule has 1 fully saturated rings. The van der Waals surface area contributed by atoms with Crippen LogP contribution < -0.4 is 0 Å². The molecule has 114 valence electrons. The average Bonchev–Trinajstić information content (AvgIpc) is 2.97. The van der Waals surface area contributed by atoms with Crippen LogP contribution in [-0.2, 0) is 4.79 Å². The molecule has 1 amide bonds. The van der Waals surface area contributed by atoms with E-state index in [1.165, 1.54) is 17.3 Å². The van der Waals surface area contributed by atoms with Gasteiger partial charge in [0.1, 0.15) is 0 Å². The number of hydrogen-bond donors (Lipinski definition) is 0. The van der Waals surface area contributed by atoms with Crippen LogP contribution in [-0.4, -0.2) is 21.7 Å². The number of aliphatic imine (C=N–C) groups is 1. The van der Waals surface area contributed by atoms with E-state index in [2.05, 4.69) is 49.4 Å². The third-order valence-corrected chi connectivity index (χ3v) is 5.04. The Labute approximate surface area is 139 Å². The van der Waals surface area contributed by atoms with E-state index >= 15 is 0 Å². The first-order valence-electron chi connectivity index (χ1n) is 7.60. The first-order valence-corrected chi connectivity index (χ1v) is 8.58. The lowest BCUT2D eigenvalue weighted by molar-refractivity contribution is -0.125. The van der Waals surface area contributed by atoms with Crippen molar-refractivity contribution in [2.24, 2.45) is 4.99 Å². The van der Waals surface area contributed by atoms with Gasteiger partial charge >= 0.3 is 0 Å².